The van der Waals surface area contributed by atoms with Gasteiger partial charge < -0.3 is 14.2 Å². The first-order chi connectivity index (χ1) is 7.32. The van der Waals surface area contributed by atoms with Gasteiger partial charge in [0.05, 0.1) is 5.60 Å². The zero-order chi connectivity index (χ0) is 12.1. The van der Waals surface area contributed by atoms with Crippen LogP contribution in [0.3, 0.4) is 0 Å². The van der Waals surface area contributed by atoms with Crippen LogP contribution in [0.4, 0.5) is 0 Å². The first kappa shape index (κ1) is 12.3. The Hall–Kier alpha value is -0.120. The zero-order valence-electron chi connectivity index (χ0n) is 11.2. The summed E-state index contributed by atoms with van der Waals surface area (Å²) in [6.07, 6.45) is 0.899. The molecule has 2 fully saturated rings. The highest BCUT2D eigenvalue weighted by Crippen LogP contribution is 2.50. The SMILES string of the molecule is CC[C@]1(C(C)C)O[C@@H]2OC(C)(C)O[C@@H]2[C@@H]1C. The van der Waals surface area contributed by atoms with E-state index >= 15 is 0 Å². The standard InChI is InChI=1S/C13H24O3/c1-7-13(8(2)3)9(4)10-11(16-13)15-12(5,6)14-10/h8-11H,7H2,1-6H3/t9-,10+,11-,13+/m0/s1. The Bertz CT molecular complexity index is 274. The summed E-state index contributed by atoms with van der Waals surface area (Å²) in [7, 11) is 0. The first-order valence-electron chi connectivity index (χ1n) is 6.36. The lowest BCUT2D eigenvalue weighted by Gasteiger charge is -2.38. The van der Waals surface area contributed by atoms with Crippen molar-refractivity contribution in [2.75, 3.05) is 0 Å². The number of fused-ring (bicyclic) bond motifs is 1. The molecule has 0 amide bonds. The molecule has 2 aliphatic heterocycles. The molecule has 0 aliphatic carbocycles. The molecule has 94 valence electrons. The van der Waals surface area contributed by atoms with Crippen LogP contribution in [0.1, 0.15) is 48.0 Å². The van der Waals surface area contributed by atoms with Gasteiger partial charge in [-0.2, -0.15) is 0 Å². The van der Waals surface area contributed by atoms with Crippen molar-refractivity contribution in [3.05, 3.63) is 0 Å². The second-order valence-corrected chi connectivity index (χ2v) is 5.84. The van der Waals surface area contributed by atoms with Gasteiger partial charge >= 0.3 is 0 Å². The fourth-order valence-electron chi connectivity index (χ4n) is 3.26. The van der Waals surface area contributed by atoms with E-state index in [2.05, 4.69) is 27.7 Å². The summed E-state index contributed by atoms with van der Waals surface area (Å²) in [5, 5.41) is 0. The third-order valence-corrected chi connectivity index (χ3v) is 4.22. The zero-order valence-corrected chi connectivity index (χ0v) is 11.2. The molecule has 0 aromatic rings. The van der Waals surface area contributed by atoms with E-state index in [-0.39, 0.29) is 18.0 Å². The molecule has 3 nitrogen and oxygen atoms in total. The van der Waals surface area contributed by atoms with Crippen molar-refractivity contribution in [2.45, 2.75) is 71.7 Å². The third-order valence-electron chi connectivity index (χ3n) is 4.22. The molecule has 0 radical (unpaired) electrons. The Morgan fingerprint density at radius 3 is 2.19 bits per heavy atom. The van der Waals surface area contributed by atoms with Gasteiger partial charge in [-0.3, -0.25) is 0 Å². The first-order valence-corrected chi connectivity index (χ1v) is 6.36. The summed E-state index contributed by atoms with van der Waals surface area (Å²) < 4.78 is 17.9. The third kappa shape index (κ3) is 1.60. The fourth-order valence-corrected chi connectivity index (χ4v) is 3.26. The largest absolute Gasteiger partial charge is 0.343 e. The van der Waals surface area contributed by atoms with Crippen LogP contribution in [0.5, 0.6) is 0 Å². The fraction of sp³-hybridized carbons (Fsp3) is 1.00. The summed E-state index contributed by atoms with van der Waals surface area (Å²) >= 11 is 0. The van der Waals surface area contributed by atoms with Crippen molar-refractivity contribution in [3.63, 3.8) is 0 Å². The minimum absolute atomic E-state index is 0.0809. The molecule has 0 bridgehead atoms. The molecule has 0 aromatic heterocycles. The summed E-state index contributed by atoms with van der Waals surface area (Å²) in [6.45, 7) is 12.7. The van der Waals surface area contributed by atoms with Gasteiger partial charge in [0.2, 0.25) is 0 Å². The van der Waals surface area contributed by atoms with Gasteiger partial charge in [-0.1, -0.05) is 27.7 Å². The van der Waals surface area contributed by atoms with Crippen molar-refractivity contribution < 1.29 is 14.2 Å². The van der Waals surface area contributed by atoms with Crippen LogP contribution < -0.4 is 0 Å². The highest BCUT2D eigenvalue weighted by molar-refractivity contribution is 5.01. The smallest absolute Gasteiger partial charge is 0.188 e. The monoisotopic (exact) mass is 228 g/mol. The van der Waals surface area contributed by atoms with E-state index in [1.165, 1.54) is 0 Å². The molecule has 3 heteroatoms. The molecule has 2 rings (SSSR count). The Morgan fingerprint density at radius 1 is 1.12 bits per heavy atom. The van der Waals surface area contributed by atoms with Crippen LogP contribution in [-0.4, -0.2) is 23.8 Å². The molecule has 2 saturated heterocycles. The highest BCUT2D eigenvalue weighted by Gasteiger charge is 2.59. The van der Waals surface area contributed by atoms with E-state index in [0.29, 0.717) is 11.8 Å². The van der Waals surface area contributed by atoms with Crippen LogP contribution in [0, 0.1) is 11.8 Å². The van der Waals surface area contributed by atoms with E-state index < -0.39 is 5.79 Å². The van der Waals surface area contributed by atoms with Crippen LogP contribution in [0.2, 0.25) is 0 Å². The van der Waals surface area contributed by atoms with Crippen molar-refractivity contribution in [3.8, 4) is 0 Å². The van der Waals surface area contributed by atoms with E-state index in [1.807, 2.05) is 13.8 Å². The van der Waals surface area contributed by atoms with E-state index in [9.17, 15) is 0 Å². The van der Waals surface area contributed by atoms with Crippen LogP contribution in [-0.2, 0) is 14.2 Å². The predicted octanol–water partition coefficient (Wildman–Crippen LogP) is 2.94. The quantitative estimate of drug-likeness (QED) is 0.727. The van der Waals surface area contributed by atoms with Gasteiger partial charge in [0, 0.05) is 5.92 Å². The Balaban J connectivity index is 2.21. The Kier molecular flexibility index (Phi) is 2.84. The molecule has 16 heavy (non-hydrogen) atoms. The molecule has 0 unspecified atom stereocenters. The summed E-state index contributed by atoms with van der Waals surface area (Å²) in [4.78, 5) is 0. The van der Waals surface area contributed by atoms with Crippen molar-refractivity contribution in [1.29, 1.82) is 0 Å². The number of rotatable bonds is 2. The molecule has 0 saturated carbocycles. The second kappa shape index (κ2) is 3.69. The maximum absolute atomic E-state index is 6.18. The topological polar surface area (TPSA) is 27.7 Å². The second-order valence-electron chi connectivity index (χ2n) is 5.84. The molecule has 0 spiro atoms. The van der Waals surface area contributed by atoms with Crippen LogP contribution in [0.15, 0.2) is 0 Å². The van der Waals surface area contributed by atoms with Crippen LogP contribution in [0.25, 0.3) is 0 Å². The van der Waals surface area contributed by atoms with Gasteiger partial charge in [-0.25, -0.2) is 0 Å². The highest BCUT2D eigenvalue weighted by atomic mass is 16.8. The Labute approximate surface area is 98.4 Å². The van der Waals surface area contributed by atoms with Crippen LogP contribution >= 0.6 is 0 Å². The van der Waals surface area contributed by atoms with Crippen molar-refractivity contribution in [1.82, 2.24) is 0 Å². The van der Waals surface area contributed by atoms with Gasteiger partial charge in [-0.05, 0) is 26.2 Å². The van der Waals surface area contributed by atoms with E-state index in [4.69, 9.17) is 14.2 Å². The lowest BCUT2D eigenvalue weighted by molar-refractivity contribution is -0.240. The summed E-state index contributed by atoms with van der Waals surface area (Å²) in [6, 6.07) is 0. The molecule has 0 N–H and O–H groups in total. The van der Waals surface area contributed by atoms with Crippen molar-refractivity contribution >= 4 is 0 Å². The van der Waals surface area contributed by atoms with Gasteiger partial charge in [0.25, 0.3) is 0 Å². The van der Waals surface area contributed by atoms with Gasteiger partial charge in [-0.15, -0.1) is 0 Å². The molecule has 4 atom stereocenters. The minimum Gasteiger partial charge on any atom is -0.343 e. The van der Waals surface area contributed by atoms with E-state index in [1.54, 1.807) is 0 Å². The molecular formula is C13H24O3. The number of hydrogen-bond acceptors (Lipinski definition) is 3. The lowest BCUT2D eigenvalue weighted by atomic mass is 9.77. The average molecular weight is 228 g/mol. The molecule has 2 aliphatic rings. The normalized spacial score (nSPS) is 46.3. The maximum atomic E-state index is 6.18. The maximum Gasteiger partial charge on any atom is 0.188 e. The lowest BCUT2D eigenvalue weighted by Crippen LogP contribution is -2.43. The van der Waals surface area contributed by atoms with Gasteiger partial charge in [0.15, 0.2) is 12.1 Å². The van der Waals surface area contributed by atoms with E-state index in [0.717, 1.165) is 6.42 Å². The summed E-state index contributed by atoms with van der Waals surface area (Å²) in [5.41, 5.74) is -0.0914. The molecular weight excluding hydrogens is 204 g/mol. The number of ether oxygens (including phenoxy) is 3. The number of hydrogen-bond donors (Lipinski definition) is 0. The van der Waals surface area contributed by atoms with Crippen molar-refractivity contribution in [2.24, 2.45) is 11.8 Å². The predicted molar refractivity (Wildman–Crippen MR) is 61.9 cm³/mol. The summed E-state index contributed by atoms with van der Waals surface area (Å²) in [5.74, 6) is 0.359. The molecule has 2 heterocycles. The van der Waals surface area contributed by atoms with Gasteiger partial charge in [0.1, 0.15) is 6.10 Å². The minimum atomic E-state index is -0.500. The Morgan fingerprint density at radius 2 is 1.75 bits per heavy atom. The average Bonchev–Trinajstić information content (AvgIpc) is 2.59. The molecule has 0 aromatic carbocycles.